The lowest BCUT2D eigenvalue weighted by Crippen LogP contribution is -1.22. The molecule has 0 atom stereocenters. The highest BCUT2D eigenvalue weighted by Gasteiger charge is 1.55. The van der Waals surface area contributed by atoms with Crippen molar-refractivity contribution in [3.63, 3.8) is 0 Å². The van der Waals surface area contributed by atoms with Crippen LogP contribution in [0.4, 0.5) is 0 Å². The van der Waals surface area contributed by atoms with Gasteiger partial charge in [-0.2, -0.15) is 0 Å². The van der Waals surface area contributed by atoms with E-state index in [0.717, 1.165) is 0 Å². The van der Waals surface area contributed by atoms with Crippen molar-refractivity contribution in [1.82, 2.24) is 0 Å². The third-order valence-electron chi connectivity index (χ3n) is 0. The topological polar surface area (TPSA) is 34.1 Å². The minimum absolute atomic E-state index is 0. The van der Waals surface area contributed by atoms with Crippen molar-refractivity contribution < 1.29 is 9.13 Å². The summed E-state index contributed by atoms with van der Waals surface area (Å²) in [5, 5.41) is 0. The molecule has 0 saturated heterocycles. The second-order valence-electron chi connectivity index (χ2n) is 0.440. The van der Waals surface area contributed by atoms with Crippen LogP contribution in [-0.2, 0) is 9.13 Å². The Hall–Kier alpha value is 0.649. The Morgan fingerprint density at radius 3 is 1.40 bits per heavy atom. The predicted octanol–water partition coefficient (Wildman–Crippen LogP) is -1.74. The third kappa shape index (κ3) is 77.4. The van der Waals surface area contributed by atoms with E-state index in [4.69, 9.17) is 9.13 Å². The van der Waals surface area contributed by atoms with E-state index in [1.807, 2.05) is 0 Å². The Labute approximate surface area is 44.2 Å². The zero-order valence-electron chi connectivity index (χ0n) is 2.26. The Balaban J connectivity index is 0. The summed E-state index contributed by atoms with van der Waals surface area (Å²) in [6.07, 6.45) is 0. The summed E-state index contributed by atoms with van der Waals surface area (Å²) in [4.78, 5) is 0. The Morgan fingerprint density at radius 2 is 1.40 bits per heavy atom. The molecule has 0 fully saturated rings. The molecule has 2 nitrogen and oxygen atoms in total. The second kappa shape index (κ2) is 4.65. The van der Waals surface area contributed by atoms with Gasteiger partial charge in [-0.1, -0.05) is 0 Å². The maximum absolute atomic E-state index is 9.10. The van der Waals surface area contributed by atoms with Gasteiger partial charge in [0.15, 0.2) is 27.3 Å². The van der Waals surface area contributed by atoms with Crippen molar-refractivity contribution in [2.24, 2.45) is 0 Å². The highest BCUT2D eigenvalue weighted by molar-refractivity contribution is 7.61. The van der Waals surface area contributed by atoms with Crippen LogP contribution in [0.25, 0.3) is 0 Å². The van der Waals surface area contributed by atoms with E-state index in [-0.39, 0.29) is 17.4 Å². The molecule has 5 heavy (non-hydrogen) atoms. The molecule has 0 aromatic carbocycles. The van der Waals surface area contributed by atoms with Gasteiger partial charge in [0.05, 0.1) is 0 Å². The minimum atomic E-state index is -1.98. The molecule has 0 aromatic heterocycles. The van der Waals surface area contributed by atoms with E-state index in [9.17, 15) is 0 Å². The Morgan fingerprint density at radius 1 is 1.40 bits per heavy atom. The lowest BCUT2D eigenvalue weighted by atomic mass is 15.9. The predicted molar refractivity (Wildman–Crippen MR) is 28.2 cm³/mol. The molecule has 0 spiro atoms. The van der Waals surface area contributed by atoms with Gasteiger partial charge in [-0.15, -0.1) is 0 Å². The molecule has 0 N–H and O–H groups in total. The van der Waals surface area contributed by atoms with Crippen molar-refractivity contribution in [3.8, 4) is 0 Å². The molecule has 0 aromatic rings. The molecule has 0 rings (SSSR count). The van der Waals surface area contributed by atoms with Gasteiger partial charge in [-0.25, -0.2) is 9.13 Å². The summed E-state index contributed by atoms with van der Waals surface area (Å²) in [5.41, 5.74) is 0. The molecular weight excluding hydrogens is 118 g/mol. The number of hydrogen-bond acceptors (Lipinski definition) is 2. The van der Waals surface area contributed by atoms with E-state index in [1.54, 1.807) is 0 Å². The lowest BCUT2D eigenvalue weighted by Gasteiger charge is -1.33. The normalized spacial score (nSPS) is 5.60. The van der Waals surface area contributed by atoms with Gasteiger partial charge in [0.2, 0.25) is 0 Å². The standard InChI is InChI=1S/Al.H3O2PSi.3H/c;1-3(2)4;;;/h;4H3;;;. The fourth-order valence-electron chi connectivity index (χ4n) is 0. The second-order valence-corrected chi connectivity index (χ2v) is 3.51. The van der Waals surface area contributed by atoms with E-state index in [1.165, 1.54) is 0 Å². The van der Waals surface area contributed by atoms with Crippen LogP contribution in [0.2, 0.25) is 0 Å². The van der Waals surface area contributed by atoms with Crippen LogP contribution < -0.4 is 0 Å². The van der Waals surface area contributed by atoms with Gasteiger partial charge in [-0.3, -0.25) is 0 Å². The average Bonchev–Trinajstić information content (AvgIpc) is 0.811. The first-order chi connectivity index (χ1) is 1.73. The first-order valence-corrected chi connectivity index (χ1v) is 5.12. The fraction of sp³-hybridized carbons (Fsp3) is 0. The maximum Gasteiger partial charge on any atom is 0.266 e. The summed E-state index contributed by atoms with van der Waals surface area (Å²) >= 11 is 0. The molecule has 0 unspecified atom stereocenters. The van der Waals surface area contributed by atoms with Crippen LogP contribution in [0.1, 0.15) is 0 Å². The van der Waals surface area contributed by atoms with Crippen molar-refractivity contribution in [2.45, 2.75) is 0 Å². The Bertz CT molecular complexity index is 58.0. The van der Waals surface area contributed by atoms with Gasteiger partial charge in [0.25, 0.3) is 7.23 Å². The van der Waals surface area contributed by atoms with Crippen LogP contribution in [0, 0.1) is 0 Å². The molecule has 0 saturated carbocycles. The minimum Gasteiger partial charge on any atom is -0.246 e. The molecule has 0 aliphatic carbocycles. The smallest absolute Gasteiger partial charge is 0.246 e. The van der Waals surface area contributed by atoms with Gasteiger partial charge < -0.3 is 0 Å². The molecule has 0 heterocycles. The lowest BCUT2D eigenvalue weighted by molar-refractivity contribution is 0.526. The third-order valence-corrected chi connectivity index (χ3v) is 0. The zero-order chi connectivity index (χ0) is 3.58. The van der Waals surface area contributed by atoms with E-state index in [0.29, 0.717) is 9.91 Å². The fourth-order valence-corrected chi connectivity index (χ4v) is 0. The van der Waals surface area contributed by atoms with Crippen LogP contribution in [0.15, 0.2) is 0 Å². The van der Waals surface area contributed by atoms with Gasteiger partial charge >= 0.3 is 0 Å². The quantitative estimate of drug-likeness (QED) is 0.283. The maximum atomic E-state index is 9.10. The monoisotopic (exact) mass is 124 g/mol. The number of hydrogen-bond donors (Lipinski definition) is 0. The summed E-state index contributed by atoms with van der Waals surface area (Å²) in [6, 6.07) is 0. The van der Waals surface area contributed by atoms with Gasteiger partial charge in [0.1, 0.15) is 0 Å². The SMILES string of the molecule is O=P(=O)[SiH3].[AlH3]. The van der Waals surface area contributed by atoms with Crippen LogP contribution >= 0.6 is 7.23 Å². The van der Waals surface area contributed by atoms with Crippen molar-refractivity contribution in [2.75, 3.05) is 0 Å². The zero-order valence-corrected chi connectivity index (χ0v) is 5.16. The molecule has 0 bridgehead atoms. The summed E-state index contributed by atoms with van der Waals surface area (Å²) in [6.45, 7) is 0. The van der Waals surface area contributed by atoms with Gasteiger partial charge in [-0.05, 0) is 0 Å². The van der Waals surface area contributed by atoms with Crippen LogP contribution in [0.3, 0.4) is 0 Å². The van der Waals surface area contributed by atoms with E-state index < -0.39 is 7.23 Å². The van der Waals surface area contributed by atoms with Crippen LogP contribution in [0.5, 0.6) is 0 Å². The summed E-state index contributed by atoms with van der Waals surface area (Å²) in [7, 11) is -1.68. The van der Waals surface area contributed by atoms with Crippen molar-refractivity contribution >= 4 is 34.5 Å². The summed E-state index contributed by atoms with van der Waals surface area (Å²) in [5.74, 6) is 0. The molecule has 0 amide bonds. The highest BCUT2D eigenvalue weighted by Crippen LogP contribution is 1.83. The highest BCUT2D eigenvalue weighted by atomic mass is 31.3. The summed E-state index contributed by atoms with van der Waals surface area (Å²) < 4.78 is 18.2. The first kappa shape index (κ1) is 9.17. The average molecular weight is 124 g/mol. The largest absolute Gasteiger partial charge is 0.266 e. The molecule has 5 heteroatoms. The van der Waals surface area contributed by atoms with Crippen molar-refractivity contribution in [1.29, 1.82) is 0 Å². The Kier molecular flexibility index (Phi) is 8.53. The molecule has 0 radical (unpaired) electrons. The molecular formula is H6AlO2PSi. The first-order valence-electron chi connectivity index (χ1n) is 0.812. The van der Waals surface area contributed by atoms with Crippen molar-refractivity contribution in [3.05, 3.63) is 0 Å². The molecule has 0 aliphatic heterocycles. The van der Waals surface area contributed by atoms with Gasteiger partial charge in [0, 0.05) is 0 Å². The molecule has 0 aliphatic rings. The van der Waals surface area contributed by atoms with Crippen LogP contribution in [-0.4, -0.2) is 27.3 Å². The van der Waals surface area contributed by atoms with E-state index in [2.05, 4.69) is 0 Å². The molecule has 30 valence electrons. The number of rotatable bonds is 0. The van der Waals surface area contributed by atoms with E-state index >= 15 is 0 Å².